The van der Waals surface area contributed by atoms with Crippen molar-refractivity contribution in [3.05, 3.63) is 65.2 Å². The monoisotopic (exact) mass is 440 g/mol. The molecule has 0 aliphatic carbocycles. The summed E-state index contributed by atoms with van der Waals surface area (Å²) < 4.78 is 0. The van der Waals surface area contributed by atoms with Crippen LogP contribution in [-0.4, -0.2) is 72.8 Å². The van der Waals surface area contributed by atoms with Gasteiger partial charge in [-0.1, -0.05) is 29.8 Å². The summed E-state index contributed by atoms with van der Waals surface area (Å²) in [5.41, 5.74) is 1.59. The number of halogens is 1. The summed E-state index contributed by atoms with van der Waals surface area (Å²) in [5, 5.41) is 3.32. The van der Waals surface area contributed by atoms with Gasteiger partial charge in [-0.3, -0.25) is 14.4 Å². The Kier molecular flexibility index (Phi) is 6.42. The molecule has 31 heavy (non-hydrogen) atoms. The number of anilines is 1. The lowest BCUT2D eigenvalue weighted by molar-refractivity contribution is -0.138. The molecule has 8 heteroatoms. The summed E-state index contributed by atoms with van der Waals surface area (Å²) >= 11 is 5.92. The van der Waals surface area contributed by atoms with E-state index >= 15 is 0 Å². The zero-order valence-electron chi connectivity index (χ0n) is 17.2. The third kappa shape index (κ3) is 4.82. The third-order valence-electron chi connectivity index (χ3n) is 5.80. The number of benzene rings is 2. The molecule has 2 aliphatic rings. The van der Waals surface area contributed by atoms with Gasteiger partial charge in [0.15, 0.2) is 0 Å². The fourth-order valence-corrected chi connectivity index (χ4v) is 4.19. The molecular weight excluding hydrogens is 416 g/mol. The topological polar surface area (TPSA) is 73.0 Å². The second kappa shape index (κ2) is 9.39. The molecule has 1 atom stereocenters. The predicted octanol–water partition coefficient (Wildman–Crippen LogP) is 2.02. The lowest BCUT2D eigenvalue weighted by Crippen LogP contribution is -2.59. The van der Waals surface area contributed by atoms with E-state index in [9.17, 15) is 14.4 Å². The van der Waals surface area contributed by atoms with Crippen molar-refractivity contribution in [2.45, 2.75) is 12.5 Å². The smallest absolute Gasteiger partial charge is 0.254 e. The highest BCUT2D eigenvalue weighted by Gasteiger charge is 2.36. The second-order valence-electron chi connectivity index (χ2n) is 7.72. The van der Waals surface area contributed by atoms with Crippen molar-refractivity contribution >= 4 is 35.0 Å². The maximum atomic E-state index is 13.0. The molecule has 2 aromatic rings. The Balaban J connectivity index is 1.40. The average molecular weight is 441 g/mol. The van der Waals surface area contributed by atoms with Crippen LogP contribution in [0.4, 0.5) is 5.69 Å². The van der Waals surface area contributed by atoms with Crippen LogP contribution >= 0.6 is 11.6 Å². The average Bonchev–Trinajstić information content (AvgIpc) is 2.81. The molecule has 2 aliphatic heterocycles. The van der Waals surface area contributed by atoms with Gasteiger partial charge in [0, 0.05) is 55.5 Å². The highest BCUT2D eigenvalue weighted by molar-refractivity contribution is 6.30. The minimum Gasteiger partial charge on any atom is -0.368 e. The SMILES string of the molecule is O=C1NCCN(C(=O)c2ccc(Cl)cc2)C1CC(=O)N1CCN(c2ccccc2)CC1. The van der Waals surface area contributed by atoms with Crippen molar-refractivity contribution in [3.8, 4) is 0 Å². The van der Waals surface area contributed by atoms with Gasteiger partial charge in [-0.25, -0.2) is 0 Å². The number of piperazine rings is 2. The van der Waals surface area contributed by atoms with Gasteiger partial charge in [0.25, 0.3) is 5.91 Å². The minimum atomic E-state index is -0.809. The molecule has 2 aromatic carbocycles. The quantitative estimate of drug-likeness (QED) is 0.789. The normalized spacial score (nSPS) is 19.2. The maximum absolute atomic E-state index is 13.0. The van der Waals surface area contributed by atoms with Gasteiger partial charge in [0.1, 0.15) is 6.04 Å². The fraction of sp³-hybridized carbons (Fsp3) is 0.348. The van der Waals surface area contributed by atoms with Gasteiger partial charge in [0.2, 0.25) is 11.8 Å². The molecule has 2 fully saturated rings. The van der Waals surface area contributed by atoms with Crippen LogP contribution in [0.1, 0.15) is 16.8 Å². The molecule has 0 bridgehead atoms. The van der Waals surface area contributed by atoms with Crippen molar-refractivity contribution in [1.29, 1.82) is 0 Å². The molecule has 162 valence electrons. The molecule has 2 saturated heterocycles. The van der Waals surface area contributed by atoms with Crippen LogP contribution in [0.3, 0.4) is 0 Å². The maximum Gasteiger partial charge on any atom is 0.254 e. The van der Waals surface area contributed by atoms with E-state index in [1.54, 1.807) is 29.2 Å². The van der Waals surface area contributed by atoms with Crippen molar-refractivity contribution in [2.75, 3.05) is 44.2 Å². The van der Waals surface area contributed by atoms with E-state index < -0.39 is 6.04 Å². The van der Waals surface area contributed by atoms with Crippen molar-refractivity contribution < 1.29 is 14.4 Å². The van der Waals surface area contributed by atoms with E-state index in [-0.39, 0.29) is 24.1 Å². The van der Waals surface area contributed by atoms with Gasteiger partial charge >= 0.3 is 0 Å². The molecule has 0 spiro atoms. The van der Waals surface area contributed by atoms with Crippen LogP contribution in [0.5, 0.6) is 0 Å². The molecule has 7 nitrogen and oxygen atoms in total. The molecule has 0 aromatic heterocycles. The Morgan fingerprint density at radius 3 is 2.29 bits per heavy atom. The van der Waals surface area contributed by atoms with Gasteiger partial charge in [-0.2, -0.15) is 0 Å². The van der Waals surface area contributed by atoms with Crippen LogP contribution in [0.2, 0.25) is 5.02 Å². The summed E-state index contributed by atoms with van der Waals surface area (Å²) in [6.07, 6.45) is -0.0174. The lowest BCUT2D eigenvalue weighted by Gasteiger charge is -2.39. The van der Waals surface area contributed by atoms with Crippen molar-refractivity contribution in [1.82, 2.24) is 15.1 Å². The number of nitrogens with zero attached hydrogens (tertiary/aromatic N) is 3. The first-order valence-corrected chi connectivity index (χ1v) is 10.8. The zero-order valence-corrected chi connectivity index (χ0v) is 17.9. The Morgan fingerprint density at radius 1 is 0.935 bits per heavy atom. The van der Waals surface area contributed by atoms with Crippen LogP contribution in [0.15, 0.2) is 54.6 Å². The molecule has 4 rings (SSSR count). The predicted molar refractivity (Wildman–Crippen MR) is 119 cm³/mol. The zero-order chi connectivity index (χ0) is 21.8. The first kappa shape index (κ1) is 21.2. The van der Waals surface area contributed by atoms with E-state index in [4.69, 9.17) is 11.6 Å². The van der Waals surface area contributed by atoms with E-state index in [1.165, 1.54) is 4.90 Å². The van der Waals surface area contributed by atoms with Crippen LogP contribution in [-0.2, 0) is 9.59 Å². The van der Waals surface area contributed by atoms with Crippen molar-refractivity contribution in [3.63, 3.8) is 0 Å². The highest BCUT2D eigenvalue weighted by atomic mass is 35.5. The van der Waals surface area contributed by atoms with Crippen LogP contribution in [0.25, 0.3) is 0 Å². The van der Waals surface area contributed by atoms with Crippen LogP contribution in [0, 0.1) is 0 Å². The molecule has 3 amide bonds. The molecule has 1 N–H and O–H groups in total. The van der Waals surface area contributed by atoms with Gasteiger partial charge in [-0.15, -0.1) is 0 Å². The van der Waals surface area contributed by atoms with E-state index in [1.807, 2.05) is 18.2 Å². The largest absolute Gasteiger partial charge is 0.368 e. The Hall–Kier alpha value is -3.06. The van der Waals surface area contributed by atoms with E-state index in [2.05, 4.69) is 22.3 Å². The number of nitrogens with one attached hydrogen (secondary N) is 1. The first-order chi connectivity index (χ1) is 15.0. The van der Waals surface area contributed by atoms with E-state index in [0.29, 0.717) is 36.8 Å². The molecule has 1 unspecified atom stereocenters. The number of carbonyl (C=O) groups is 3. The third-order valence-corrected chi connectivity index (χ3v) is 6.06. The van der Waals surface area contributed by atoms with Gasteiger partial charge in [-0.05, 0) is 36.4 Å². The number of para-hydroxylation sites is 1. The summed E-state index contributed by atoms with van der Waals surface area (Å²) in [5.74, 6) is -0.660. The Morgan fingerprint density at radius 2 is 1.61 bits per heavy atom. The number of hydrogen-bond acceptors (Lipinski definition) is 4. The fourth-order valence-electron chi connectivity index (χ4n) is 4.07. The number of carbonyl (C=O) groups excluding carboxylic acids is 3. The summed E-state index contributed by atoms with van der Waals surface area (Å²) in [6, 6.07) is 15.9. The highest BCUT2D eigenvalue weighted by Crippen LogP contribution is 2.19. The second-order valence-corrected chi connectivity index (χ2v) is 8.16. The lowest BCUT2D eigenvalue weighted by atomic mass is 10.1. The number of amides is 3. The Bertz CT molecular complexity index is 943. The molecular formula is C23H25ClN4O3. The summed E-state index contributed by atoms with van der Waals surface area (Å²) in [4.78, 5) is 44.0. The van der Waals surface area contributed by atoms with Gasteiger partial charge in [0.05, 0.1) is 6.42 Å². The number of rotatable bonds is 4. The Labute approximate surface area is 186 Å². The molecule has 2 heterocycles. The molecule has 0 radical (unpaired) electrons. The number of hydrogen-bond donors (Lipinski definition) is 1. The molecule has 0 saturated carbocycles. The summed E-state index contributed by atoms with van der Waals surface area (Å²) in [6.45, 7) is 3.39. The van der Waals surface area contributed by atoms with Crippen molar-refractivity contribution in [2.24, 2.45) is 0 Å². The van der Waals surface area contributed by atoms with Crippen LogP contribution < -0.4 is 10.2 Å². The minimum absolute atomic E-state index is 0.0174. The van der Waals surface area contributed by atoms with Gasteiger partial charge < -0.3 is 20.0 Å². The van der Waals surface area contributed by atoms with E-state index in [0.717, 1.165) is 18.8 Å². The first-order valence-electron chi connectivity index (χ1n) is 10.4. The summed E-state index contributed by atoms with van der Waals surface area (Å²) in [7, 11) is 0. The standard InChI is InChI=1S/C23H25ClN4O3/c24-18-8-6-17(7-9-18)23(31)28-11-10-25-22(30)20(28)16-21(29)27-14-12-26(13-15-27)19-4-2-1-3-5-19/h1-9,20H,10-16H2,(H,25,30).